The third-order valence-electron chi connectivity index (χ3n) is 5.81. The molecule has 2 heterocycles. The molecule has 31 heavy (non-hydrogen) atoms. The molecule has 0 radical (unpaired) electrons. The van der Waals surface area contributed by atoms with Crippen LogP contribution in [-0.2, 0) is 14.3 Å². The molecular formula is C24H35N3O4. The molecule has 0 aliphatic carbocycles. The fraction of sp³-hybridized carbons (Fsp3) is 0.625. The van der Waals surface area contributed by atoms with Gasteiger partial charge in [0.1, 0.15) is 11.8 Å². The molecular weight excluding hydrogens is 394 g/mol. The molecule has 0 aromatic heterocycles. The Morgan fingerprint density at radius 1 is 1.13 bits per heavy atom. The molecule has 3 amide bonds. The maximum atomic E-state index is 13.5. The number of hydrogen-bond acceptors (Lipinski definition) is 4. The minimum atomic E-state index is -0.871. The fourth-order valence-electron chi connectivity index (χ4n) is 4.34. The molecule has 7 nitrogen and oxygen atoms in total. The van der Waals surface area contributed by atoms with Crippen molar-refractivity contribution in [1.82, 2.24) is 15.1 Å². The molecule has 1 aromatic rings. The van der Waals surface area contributed by atoms with Gasteiger partial charge >= 0.3 is 0 Å². The van der Waals surface area contributed by atoms with Crippen LogP contribution in [0.15, 0.2) is 30.3 Å². The van der Waals surface area contributed by atoms with Gasteiger partial charge in [0, 0.05) is 44.0 Å². The van der Waals surface area contributed by atoms with Gasteiger partial charge in [0.2, 0.25) is 11.8 Å². The lowest BCUT2D eigenvalue weighted by Gasteiger charge is -2.45. The smallest absolute Gasteiger partial charge is 0.256 e. The summed E-state index contributed by atoms with van der Waals surface area (Å²) in [6, 6.07) is 8.28. The van der Waals surface area contributed by atoms with Gasteiger partial charge in [0.15, 0.2) is 0 Å². The molecule has 7 heteroatoms. The van der Waals surface area contributed by atoms with Gasteiger partial charge in [-0.15, -0.1) is 0 Å². The third kappa shape index (κ3) is 5.26. The van der Waals surface area contributed by atoms with Crippen molar-refractivity contribution in [2.75, 3.05) is 19.7 Å². The van der Waals surface area contributed by atoms with Gasteiger partial charge in [-0.1, -0.05) is 39.0 Å². The molecule has 0 saturated carbocycles. The van der Waals surface area contributed by atoms with Crippen LogP contribution in [0, 0.1) is 5.41 Å². The zero-order valence-corrected chi connectivity index (χ0v) is 19.3. The molecule has 3 rings (SSSR count). The van der Waals surface area contributed by atoms with E-state index < -0.39 is 11.8 Å². The number of ether oxygens (including phenoxy) is 1. The quantitative estimate of drug-likeness (QED) is 0.798. The average molecular weight is 430 g/mol. The Kier molecular flexibility index (Phi) is 6.74. The van der Waals surface area contributed by atoms with Crippen molar-refractivity contribution in [3.63, 3.8) is 0 Å². The van der Waals surface area contributed by atoms with Crippen molar-refractivity contribution in [1.29, 1.82) is 0 Å². The second-order valence-corrected chi connectivity index (χ2v) is 10.1. The van der Waals surface area contributed by atoms with Gasteiger partial charge < -0.3 is 15.0 Å². The number of likely N-dealkylation sites (tertiary alicyclic amines) is 1. The first kappa shape index (κ1) is 23.3. The summed E-state index contributed by atoms with van der Waals surface area (Å²) >= 11 is 0. The van der Waals surface area contributed by atoms with Crippen LogP contribution < -0.4 is 5.32 Å². The highest BCUT2D eigenvalue weighted by Gasteiger charge is 2.54. The Hall–Kier alpha value is -2.41. The Bertz CT molecular complexity index is 808. The van der Waals surface area contributed by atoms with E-state index in [-0.39, 0.29) is 35.8 Å². The monoisotopic (exact) mass is 429 g/mol. The van der Waals surface area contributed by atoms with Gasteiger partial charge in [0.05, 0.1) is 6.61 Å². The minimum absolute atomic E-state index is 0.0328. The molecule has 0 bridgehead atoms. The number of carbonyl (C=O) groups excluding carboxylic acids is 3. The normalized spacial score (nSPS) is 20.9. The van der Waals surface area contributed by atoms with Gasteiger partial charge in [-0.2, -0.15) is 0 Å². The van der Waals surface area contributed by atoms with Crippen LogP contribution >= 0.6 is 0 Å². The van der Waals surface area contributed by atoms with Crippen molar-refractivity contribution in [2.24, 2.45) is 5.41 Å². The lowest BCUT2D eigenvalue weighted by atomic mass is 9.90. The van der Waals surface area contributed by atoms with Gasteiger partial charge in [0.25, 0.3) is 5.91 Å². The van der Waals surface area contributed by atoms with E-state index in [4.69, 9.17) is 4.74 Å². The maximum absolute atomic E-state index is 13.5. The van der Waals surface area contributed by atoms with E-state index in [1.165, 1.54) is 0 Å². The van der Waals surface area contributed by atoms with Crippen LogP contribution in [0.1, 0.15) is 64.2 Å². The number of carbonyl (C=O) groups is 3. The molecule has 1 N–H and O–H groups in total. The van der Waals surface area contributed by atoms with E-state index >= 15 is 0 Å². The Morgan fingerprint density at radius 2 is 1.74 bits per heavy atom. The molecule has 1 aromatic carbocycles. The zero-order valence-electron chi connectivity index (χ0n) is 19.3. The first-order chi connectivity index (χ1) is 14.5. The molecule has 2 aliphatic rings. The van der Waals surface area contributed by atoms with E-state index in [1.54, 1.807) is 17.0 Å². The van der Waals surface area contributed by atoms with Crippen LogP contribution in [0.2, 0.25) is 0 Å². The highest BCUT2D eigenvalue weighted by Crippen LogP contribution is 2.39. The topological polar surface area (TPSA) is 79.0 Å². The maximum Gasteiger partial charge on any atom is 0.256 e. The van der Waals surface area contributed by atoms with Crippen LogP contribution in [0.25, 0.3) is 0 Å². The molecule has 1 atom stereocenters. The molecule has 2 aliphatic heterocycles. The van der Waals surface area contributed by atoms with Gasteiger partial charge in [-0.05, 0) is 31.4 Å². The predicted octanol–water partition coefficient (Wildman–Crippen LogP) is 2.81. The summed E-state index contributed by atoms with van der Waals surface area (Å²) in [5, 5.41) is 2.92. The van der Waals surface area contributed by atoms with E-state index in [1.807, 2.05) is 36.9 Å². The van der Waals surface area contributed by atoms with Crippen LogP contribution in [0.4, 0.5) is 0 Å². The predicted molar refractivity (Wildman–Crippen MR) is 118 cm³/mol. The molecule has 170 valence electrons. The van der Waals surface area contributed by atoms with E-state index in [9.17, 15) is 14.4 Å². The second kappa shape index (κ2) is 8.99. The lowest BCUT2D eigenvalue weighted by molar-refractivity contribution is -0.145. The summed E-state index contributed by atoms with van der Waals surface area (Å²) in [5.41, 5.74) is -0.420. The first-order valence-corrected chi connectivity index (χ1v) is 11.1. The molecule has 2 fully saturated rings. The van der Waals surface area contributed by atoms with E-state index in [2.05, 4.69) is 26.1 Å². The average Bonchev–Trinajstić information content (AvgIpc) is 3.05. The summed E-state index contributed by atoms with van der Waals surface area (Å²) in [5.74, 6) is -0.297. The van der Waals surface area contributed by atoms with Crippen molar-refractivity contribution < 1.29 is 19.1 Å². The summed E-state index contributed by atoms with van der Waals surface area (Å²) < 4.78 is 6.19. The second-order valence-electron chi connectivity index (χ2n) is 10.1. The molecule has 1 spiro atoms. The SMILES string of the molecule is CC(C)NC(=O)[C@@H]1COC2(CCN(C(=O)CC(C)(C)C)CC2)N1C(=O)c1ccccc1. The number of amides is 3. The van der Waals surface area contributed by atoms with E-state index in [0.29, 0.717) is 37.9 Å². The van der Waals surface area contributed by atoms with Gasteiger partial charge in [-0.25, -0.2) is 0 Å². The van der Waals surface area contributed by atoms with Gasteiger partial charge in [-0.3, -0.25) is 19.3 Å². The number of hydrogen-bond donors (Lipinski definition) is 1. The number of nitrogens with zero attached hydrogens (tertiary/aromatic N) is 2. The summed E-state index contributed by atoms with van der Waals surface area (Å²) in [6.07, 6.45) is 1.47. The molecule has 2 saturated heterocycles. The summed E-state index contributed by atoms with van der Waals surface area (Å²) in [4.78, 5) is 42.6. The Morgan fingerprint density at radius 3 is 2.29 bits per heavy atom. The largest absolute Gasteiger partial charge is 0.353 e. The number of nitrogens with one attached hydrogen (secondary N) is 1. The number of piperidine rings is 1. The number of benzene rings is 1. The lowest BCUT2D eigenvalue weighted by Crippen LogP contribution is -2.60. The van der Waals surface area contributed by atoms with Crippen molar-refractivity contribution >= 4 is 17.7 Å². The van der Waals surface area contributed by atoms with Crippen molar-refractivity contribution in [2.45, 2.75) is 71.7 Å². The third-order valence-corrected chi connectivity index (χ3v) is 5.81. The highest BCUT2D eigenvalue weighted by atomic mass is 16.5. The van der Waals surface area contributed by atoms with Crippen LogP contribution in [-0.4, -0.2) is 65.0 Å². The van der Waals surface area contributed by atoms with Crippen molar-refractivity contribution in [3.05, 3.63) is 35.9 Å². The number of rotatable bonds is 4. The first-order valence-electron chi connectivity index (χ1n) is 11.1. The van der Waals surface area contributed by atoms with E-state index in [0.717, 1.165) is 0 Å². The fourth-order valence-corrected chi connectivity index (χ4v) is 4.34. The summed E-state index contributed by atoms with van der Waals surface area (Å²) in [6.45, 7) is 11.1. The Labute approximate surface area is 185 Å². The highest BCUT2D eigenvalue weighted by molar-refractivity contribution is 5.98. The minimum Gasteiger partial charge on any atom is -0.353 e. The zero-order chi connectivity index (χ0) is 22.8. The van der Waals surface area contributed by atoms with Crippen LogP contribution in [0.3, 0.4) is 0 Å². The standard InChI is InChI=1S/C24H35N3O4/c1-17(2)25-21(29)19-16-31-24(27(19)22(30)18-9-7-6-8-10-18)11-13-26(14-12-24)20(28)15-23(3,4)5/h6-10,17,19H,11-16H2,1-5H3,(H,25,29)/t19-/m0/s1. The van der Waals surface area contributed by atoms with Crippen LogP contribution in [0.5, 0.6) is 0 Å². The Balaban J connectivity index is 1.82. The van der Waals surface area contributed by atoms with Crippen molar-refractivity contribution in [3.8, 4) is 0 Å². The molecule has 0 unspecified atom stereocenters. The summed E-state index contributed by atoms with van der Waals surface area (Å²) in [7, 11) is 0.